The summed E-state index contributed by atoms with van der Waals surface area (Å²) in [6.45, 7) is 11.6. The van der Waals surface area contributed by atoms with Gasteiger partial charge in [0.1, 0.15) is 0 Å². The molecule has 0 spiro atoms. The highest BCUT2D eigenvalue weighted by atomic mass is 32.1. The van der Waals surface area contributed by atoms with Crippen LogP contribution in [-0.4, -0.2) is 28.9 Å². The van der Waals surface area contributed by atoms with Gasteiger partial charge in [-0.15, -0.1) is 0 Å². The summed E-state index contributed by atoms with van der Waals surface area (Å²) in [7, 11) is 0. The van der Waals surface area contributed by atoms with Crippen molar-refractivity contribution in [3.05, 3.63) is 0 Å². The third-order valence-electron chi connectivity index (χ3n) is 2.53. The lowest BCUT2D eigenvalue weighted by Gasteiger charge is -2.30. The van der Waals surface area contributed by atoms with E-state index in [0.717, 1.165) is 13.0 Å². The van der Waals surface area contributed by atoms with Crippen molar-refractivity contribution in [2.45, 2.75) is 47.5 Å². The maximum atomic E-state index is 12.2. The molecule has 0 bridgehead atoms. The van der Waals surface area contributed by atoms with E-state index >= 15 is 0 Å². The molecule has 0 rings (SSSR count). The van der Waals surface area contributed by atoms with Gasteiger partial charge in [0.05, 0.1) is 4.99 Å². The number of nitrogens with zero attached hydrogens (tertiary/aromatic N) is 1. The molecular formula is C13H26N2OS. The van der Waals surface area contributed by atoms with E-state index in [1.165, 1.54) is 0 Å². The second-order valence-corrected chi connectivity index (χ2v) is 6.47. The van der Waals surface area contributed by atoms with Crippen molar-refractivity contribution in [3.8, 4) is 0 Å². The van der Waals surface area contributed by atoms with Gasteiger partial charge in [-0.25, -0.2) is 0 Å². The van der Waals surface area contributed by atoms with Crippen molar-refractivity contribution < 1.29 is 4.79 Å². The molecular weight excluding hydrogens is 232 g/mol. The molecule has 1 amide bonds. The van der Waals surface area contributed by atoms with Gasteiger partial charge in [0, 0.05) is 24.9 Å². The average molecular weight is 258 g/mol. The molecule has 0 aromatic heterocycles. The van der Waals surface area contributed by atoms with Crippen LogP contribution in [0.5, 0.6) is 0 Å². The Balaban J connectivity index is 4.49. The van der Waals surface area contributed by atoms with E-state index in [9.17, 15) is 4.79 Å². The van der Waals surface area contributed by atoms with Crippen molar-refractivity contribution in [1.82, 2.24) is 4.90 Å². The van der Waals surface area contributed by atoms with Crippen molar-refractivity contribution in [2.24, 2.45) is 17.1 Å². The van der Waals surface area contributed by atoms with Crippen LogP contribution in [0.2, 0.25) is 0 Å². The normalized spacial score (nSPS) is 11.6. The molecule has 0 aliphatic heterocycles. The summed E-state index contributed by atoms with van der Waals surface area (Å²) in [5.74, 6) is 0.768. The first-order valence-corrected chi connectivity index (χ1v) is 6.63. The summed E-state index contributed by atoms with van der Waals surface area (Å²) in [6.07, 6.45) is 1.62. The molecule has 0 aromatic rings. The molecule has 0 heterocycles. The van der Waals surface area contributed by atoms with Crippen LogP contribution in [-0.2, 0) is 4.79 Å². The molecule has 3 nitrogen and oxygen atoms in total. The SMILES string of the molecule is CC(C)CCN(CCC(N)=S)C(=O)C(C)(C)C. The molecule has 0 saturated heterocycles. The second kappa shape index (κ2) is 6.94. The smallest absolute Gasteiger partial charge is 0.227 e. The number of carbonyl (C=O) groups excluding carboxylic acids is 1. The quantitative estimate of drug-likeness (QED) is 0.745. The third kappa shape index (κ3) is 7.31. The monoisotopic (exact) mass is 258 g/mol. The number of thiocarbonyl (C=S) groups is 1. The Morgan fingerprint density at radius 1 is 1.29 bits per heavy atom. The van der Waals surface area contributed by atoms with Crippen LogP contribution in [0, 0.1) is 11.3 Å². The van der Waals surface area contributed by atoms with Crippen molar-refractivity contribution >= 4 is 23.1 Å². The first-order valence-electron chi connectivity index (χ1n) is 6.22. The molecule has 0 aliphatic rings. The van der Waals surface area contributed by atoms with Crippen molar-refractivity contribution in [2.75, 3.05) is 13.1 Å². The third-order valence-corrected chi connectivity index (χ3v) is 2.74. The second-order valence-electron chi connectivity index (χ2n) is 5.94. The van der Waals surface area contributed by atoms with E-state index in [0.29, 0.717) is 23.9 Å². The van der Waals surface area contributed by atoms with Gasteiger partial charge in [-0.05, 0) is 12.3 Å². The average Bonchev–Trinajstić information content (AvgIpc) is 2.14. The summed E-state index contributed by atoms with van der Waals surface area (Å²) in [5.41, 5.74) is 5.16. The molecule has 0 aromatic carbocycles. The molecule has 0 atom stereocenters. The zero-order chi connectivity index (χ0) is 13.6. The number of nitrogens with two attached hydrogens (primary N) is 1. The lowest BCUT2D eigenvalue weighted by Crippen LogP contribution is -2.41. The van der Waals surface area contributed by atoms with E-state index in [-0.39, 0.29) is 11.3 Å². The molecule has 2 N–H and O–H groups in total. The molecule has 17 heavy (non-hydrogen) atoms. The van der Waals surface area contributed by atoms with Gasteiger partial charge >= 0.3 is 0 Å². The highest BCUT2D eigenvalue weighted by Gasteiger charge is 2.26. The fourth-order valence-electron chi connectivity index (χ4n) is 1.45. The van der Waals surface area contributed by atoms with Crippen LogP contribution in [0.1, 0.15) is 47.5 Å². The van der Waals surface area contributed by atoms with Crippen molar-refractivity contribution in [1.29, 1.82) is 0 Å². The lowest BCUT2D eigenvalue weighted by molar-refractivity contribution is -0.139. The summed E-state index contributed by atoms with van der Waals surface area (Å²) >= 11 is 4.87. The van der Waals surface area contributed by atoms with E-state index in [4.69, 9.17) is 18.0 Å². The minimum absolute atomic E-state index is 0.175. The van der Waals surface area contributed by atoms with Crippen LogP contribution in [0.25, 0.3) is 0 Å². The Hall–Kier alpha value is -0.640. The Kier molecular flexibility index (Phi) is 6.68. The summed E-state index contributed by atoms with van der Waals surface area (Å²) in [6, 6.07) is 0. The molecule has 100 valence electrons. The predicted molar refractivity (Wildman–Crippen MR) is 76.9 cm³/mol. The Morgan fingerprint density at radius 2 is 1.82 bits per heavy atom. The van der Waals surface area contributed by atoms with Crippen LogP contribution >= 0.6 is 12.2 Å². The fourth-order valence-corrected chi connectivity index (χ4v) is 1.54. The molecule has 0 saturated carbocycles. The Morgan fingerprint density at radius 3 is 2.18 bits per heavy atom. The molecule has 0 fully saturated rings. The number of amides is 1. The fraction of sp³-hybridized carbons (Fsp3) is 0.846. The van der Waals surface area contributed by atoms with Crippen molar-refractivity contribution in [3.63, 3.8) is 0 Å². The maximum Gasteiger partial charge on any atom is 0.227 e. The highest BCUT2D eigenvalue weighted by molar-refractivity contribution is 7.80. The summed E-state index contributed by atoms with van der Waals surface area (Å²) < 4.78 is 0. The Labute approximate surface area is 111 Å². The van der Waals surface area contributed by atoms with Crippen LogP contribution < -0.4 is 5.73 Å². The van der Waals surface area contributed by atoms with Crippen LogP contribution in [0.4, 0.5) is 0 Å². The maximum absolute atomic E-state index is 12.2. The first kappa shape index (κ1) is 16.4. The van der Waals surface area contributed by atoms with Gasteiger partial charge < -0.3 is 10.6 Å². The minimum atomic E-state index is -0.340. The topological polar surface area (TPSA) is 46.3 Å². The molecule has 0 radical (unpaired) electrons. The summed E-state index contributed by atoms with van der Waals surface area (Å²) in [5, 5.41) is 0. The largest absolute Gasteiger partial charge is 0.393 e. The number of hydrogen-bond acceptors (Lipinski definition) is 2. The first-order chi connectivity index (χ1) is 7.64. The van der Waals surface area contributed by atoms with Gasteiger partial charge in [-0.2, -0.15) is 0 Å². The number of rotatable bonds is 6. The minimum Gasteiger partial charge on any atom is -0.393 e. The molecule has 0 unspecified atom stereocenters. The zero-order valence-corrected chi connectivity index (χ0v) is 12.6. The van der Waals surface area contributed by atoms with E-state index in [2.05, 4.69) is 13.8 Å². The van der Waals surface area contributed by atoms with Gasteiger partial charge in [0.2, 0.25) is 5.91 Å². The standard InChI is InChI=1S/C13H26N2OS/c1-10(2)6-8-15(9-7-11(14)17)12(16)13(3,4)5/h10H,6-9H2,1-5H3,(H2,14,17). The van der Waals surface area contributed by atoms with E-state index in [1.807, 2.05) is 25.7 Å². The Bertz CT molecular complexity index is 269. The van der Waals surface area contributed by atoms with Crippen LogP contribution in [0.3, 0.4) is 0 Å². The van der Waals surface area contributed by atoms with Gasteiger partial charge in [0.15, 0.2) is 0 Å². The molecule has 4 heteroatoms. The predicted octanol–water partition coefficient (Wildman–Crippen LogP) is 2.58. The van der Waals surface area contributed by atoms with E-state index in [1.54, 1.807) is 0 Å². The van der Waals surface area contributed by atoms with Gasteiger partial charge in [-0.3, -0.25) is 4.79 Å². The summed E-state index contributed by atoms with van der Waals surface area (Å²) in [4.78, 5) is 14.6. The highest BCUT2D eigenvalue weighted by Crippen LogP contribution is 2.18. The van der Waals surface area contributed by atoms with Gasteiger partial charge in [0.25, 0.3) is 0 Å². The molecule has 0 aliphatic carbocycles. The number of carbonyl (C=O) groups is 1. The lowest BCUT2D eigenvalue weighted by atomic mass is 9.94. The zero-order valence-electron chi connectivity index (χ0n) is 11.7. The van der Waals surface area contributed by atoms with E-state index < -0.39 is 0 Å². The van der Waals surface area contributed by atoms with Crippen LogP contribution in [0.15, 0.2) is 0 Å². The van der Waals surface area contributed by atoms with Gasteiger partial charge in [-0.1, -0.05) is 46.8 Å². The number of hydrogen-bond donors (Lipinski definition) is 1.